The zero-order chi connectivity index (χ0) is 18.0. The predicted molar refractivity (Wildman–Crippen MR) is 99.1 cm³/mol. The molecule has 0 saturated carbocycles. The van der Waals surface area contributed by atoms with Gasteiger partial charge in [-0.25, -0.2) is 9.78 Å². The summed E-state index contributed by atoms with van der Waals surface area (Å²) < 4.78 is 1.72. The number of hydrogen-bond donors (Lipinski definition) is 1. The molecule has 1 aliphatic heterocycles. The number of pyridine rings is 1. The summed E-state index contributed by atoms with van der Waals surface area (Å²) >= 11 is 0. The highest BCUT2D eigenvalue weighted by Crippen LogP contribution is 2.26. The van der Waals surface area contributed by atoms with Gasteiger partial charge < -0.3 is 4.90 Å². The smallest absolute Gasteiger partial charge is 0.322 e. The van der Waals surface area contributed by atoms with E-state index < -0.39 is 0 Å². The Morgan fingerprint density at radius 3 is 2.72 bits per heavy atom. The van der Waals surface area contributed by atoms with Crippen LogP contribution >= 0.6 is 0 Å². The highest BCUT2D eigenvalue weighted by atomic mass is 16.2. The molecule has 0 aliphatic carbocycles. The SMILES string of the molecule is CC1CCCCN1C(=O)Nc1cc(C(C)(C)C)nn1-c1ccccn1. The molecule has 1 N–H and O–H groups in total. The first-order chi connectivity index (χ1) is 11.9. The van der Waals surface area contributed by atoms with Crippen LogP contribution in [0.4, 0.5) is 10.6 Å². The fraction of sp³-hybridized carbons (Fsp3) is 0.526. The quantitative estimate of drug-likeness (QED) is 0.899. The Kier molecular flexibility index (Phi) is 4.79. The van der Waals surface area contributed by atoms with Crippen LogP contribution in [-0.4, -0.2) is 38.3 Å². The minimum atomic E-state index is -0.113. The van der Waals surface area contributed by atoms with E-state index in [1.54, 1.807) is 10.9 Å². The highest BCUT2D eigenvalue weighted by molar-refractivity contribution is 5.89. The number of nitrogens with zero attached hydrogens (tertiary/aromatic N) is 4. The van der Waals surface area contributed by atoms with Crippen LogP contribution in [0.3, 0.4) is 0 Å². The fourth-order valence-electron chi connectivity index (χ4n) is 3.07. The standard InChI is InChI=1S/C19H27N5O/c1-14-9-6-8-12-23(14)18(25)21-17-13-15(19(2,3)4)22-24(17)16-10-5-7-11-20-16/h5,7,10-11,13-14H,6,8-9,12H2,1-4H3,(H,21,25). The zero-order valence-corrected chi connectivity index (χ0v) is 15.5. The zero-order valence-electron chi connectivity index (χ0n) is 15.5. The molecule has 3 heterocycles. The Morgan fingerprint density at radius 1 is 1.28 bits per heavy atom. The number of carbonyl (C=O) groups is 1. The largest absolute Gasteiger partial charge is 0.323 e. The van der Waals surface area contributed by atoms with E-state index in [2.05, 4.69) is 43.1 Å². The first-order valence-corrected chi connectivity index (χ1v) is 8.96. The molecule has 1 fully saturated rings. The van der Waals surface area contributed by atoms with Gasteiger partial charge in [0.15, 0.2) is 5.82 Å². The van der Waals surface area contributed by atoms with Gasteiger partial charge in [0.2, 0.25) is 0 Å². The fourth-order valence-corrected chi connectivity index (χ4v) is 3.07. The van der Waals surface area contributed by atoms with Crippen molar-refractivity contribution < 1.29 is 4.79 Å². The molecule has 0 radical (unpaired) electrons. The number of amides is 2. The van der Waals surface area contributed by atoms with Gasteiger partial charge in [-0.2, -0.15) is 9.78 Å². The third-order valence-electron chi connectivity index (χ3n) is 4.64. The second kappa shape index (κ2) is 6.86. The van der Waals surface area contributed by atoms with Gasteiger partial charge in [-0.3, -0.25) is 5.32 Å². The molecule has 6 heteroatoms. The lowest BCUT2D eigenvalue weighted by Gasteiger charge is -2.33. The molecular formula is C19H27N5O. The monoisotopic (exact) mass is 341 g/mol. The van der Waals surface area contributed by atoms with E-state index in [1.807, 2.05) is 29.2 Å². The van der Waals surface area contributed by atoms with Crippen LogP contribution in [0.15, 0.2) is 30.5 Å². The summed E-state index contributed by atoms with van der Waals surface area (Å²) in [5.74, 6) is 1.35. The average molecular weight is 341 g/mol. The van der Waals surface area contributed by atoms with Gasteiger partial charge in [0.25, 0.3) is 0 Å². The number of carbonyl (C=O) groups excluding carboxylic acids is 1. The number of anilines is 1. The number of aromatic nitrogens is 3. The van der Waals surface area contributed by atoms with Gasteiger partial charge in [0.05, 0.1) is 5.69 Å². The Bertz CT molecular complexity index is 732. The van der Waals surface area contributed by atoms with Gasteiger partial charge in [-0.1, -0.05) is 26.8 Å². The summed E-state index contributed by atoms with van der Waals surface area (Å²) in [5.41, 5.74) is 0.804. The van der Waals surface area contributed by atoms with E-state index >= 15 is 0 Å². The highest BCUT2D eigenvalue weighted by Gasteiger charge is 2.26. The van der Waals surface area contributed by atoms with E-state index in [1.165, 1.54) is 6.42 Å². The first kappa shape index (κ1) is 17.5. The normalized spacial score (nSPS) is 18.2. The number of likely N-dealkylation sites (tertiary alicyclic amines) is 1. The summed E-state index contributed by atoms with van der Waals surface area (Å²) in [4.78, 5) is 19.1. The Hall–Kier alpha value is -2.37. The Morgan fingerprint density at radius 2 is 2.08 bits per heavy atom. The second-order valence-corrected chi connectivity index (χ2v) is 7.73. The molecule has 2 amide bonds. The lowest BCUT2D eigenvalue weighted by molar-refractivity contribution is 0.170. The van der Waals surface area contributed by atoms with Crippen molar-refractivity contribution in [3.8, 4) is 5.82 Å². The van der Waals surface area contributed by atoms with Crippen molar-refractivity contribution in [3.05, 3.63) is 36.2 Å². The van der Waals surface area contributed by atoms with Gasteiger partial charge in [-0.15, -0.1) is 0 Å². The third kappa shape index (κ3) is 3.83. The molecular weight excluding hydrogens is 314 g/mol. The third-order valence-corrected chi connectivity index (χ3v) is 4.64. The van der Waals surface area contributed by atoms with Crippen LogP contribution in [-0.2, 0) is 5.41 Å². The van der Waals surface area contributed by atoms with Crippen molar-refractivity contribution in [1.29, 1.82) is 0 Å². The van der Waals surface area contributed by atoms with Crippen LogP contribution in [0.2, 0.25) is 0 Å². The molecule has 25 heavy (non-hydrogen) atoms. The van der Waals surface area contributed by atoms with E-state index in [0.29, 0.717) is 11.6 Å². The van der Waals surface area contributed by atoms with E-state index in [9.17, 15) is 4.79 Å². The molecule has 2 aromatic rings. The molecule has 1 saturated heterocycles. The average Bonchev–Trinajstić information content (AvgIpc) is 3.00. The molecule has 0 aromatic carbocycles. The van der Waals surface area contributed by atoms with Crippen molar-refractivity contribution in [2.45, 2.75) is 58.4 Å². The summed E-state index contributed by atoms with van der Waals surface area (Å²) in [6.07, 6.45) is 5.03. The minimum Gasteiger partial charge on any atom is -0.322 e. The summed E-state index contributed by atoms with van der Waals surface area (Å²) in [6, 6.07) is 7.82. The summed E-state index contributed by atoms with van der Waals surface area (Å²) in [5, 5.41) is 7.74. The maximum atomic E-state index is 12.8. The molecule has 2 aromatic heterocycles. The van der Waals surface area contributed by atoms with Crippen molar-refractivity contribution in [2.75, 3.05) is 11.9 Å². The van der Waals surface area contributed by atoms with Crippen LogP contribution in [0.1, 0.15) is 52.7 Å². The second-order valence-electron chi connectivity index (χ2n) is 7.73. The number of piperidine rings is 1. The molecule has 0 bridgehead atoms. The molecule has 3 rings (SSSR count). The van der Waals surface area contributed by atoms with Crippen molar-refractivity contribution in [2.24, 2.45) is 0 Å². The van der Waals surface area contributed by atoms with Crippen molar-refractivity contribution in [1.82, 2.24) is 19.7 Å². The number of hydrogen-bond acceptors (Lipinski definition) is 3. The van der Waals surface area contributed by atoms with Gasteiger partial charge in [0, 0.05) is 30.3 Å². The topological polar surface area (TPSA) is 63.1 Å². The first-order valence-electron chi connectivity index (χ1n) is 8.96. The molecule has 1 atom stereocenters. The van der Waals surface area contributed by atoms with Gasteiger partial charge in [-0.05, 0) is 38.3 Å². The molecule has 0 spiro atoms. The van der Waals surface area contributed by atoms with Gasteiger partial charge in [0.1, 0.15) is 5.82 Å². The lowest BCUT2D eigenvalue weighted by Crippen LogP contribution is -2.44. The van der Waals surface area contributed by atoms with Gasteiger partial charge >= 0.3 is 6.03 Å². The van der Waals surface area contributed by atoms with Crippen molar-refractivity contribution in [3.63, 3.8) is 0 Å². The number of rotatable bonds is 2. The molecule has 1 aliphatic rings. The maximum absolute atomic E-state index is 12.8. The lowest BCUT2D eigenvalue weighted by atomic mass is 9.92. The van der Waals surface area contributed by atoms with Crippen LogP contribution in [0, 0.1) is 0 Å². The van der Waals surface area contributed by atoms with Crippen molar-refractivity contribution >= 4 is 11.8 Å². The number of nitrogens with one attached hydrogen (secondary N) is 1. The van der Waals surface area contributed by atoms with Crippen LogP contribution in [0.5, 0.6) is 0 Å². The minimum absolute atomic E-state index is 0.0651. The maximum Gasteiger partial charge on any atom is 0.323 e. The molecule has 6 nitrogen and oxygen atoms in total. The van der Waals surface area contributed by atoms with E-state index in [0.717, 1.165) is 25.1 Å². The van der Waals surface area contributed by atoms with E-state index in [4.69, 9.17) is 0 Å². The summed E-state index contributed by atoms with van der Waals surface area (Å²) in [7, 11) is 0. The molecule has 134 valence electrons. The summed E-state index contributed by atoms with van der Waals surface area (Å²) in [6.45, 7) is 9.23. The molecule has 1 unspecified atom stereocenters. The number of urea groups is 1. The van der Waals surface area contributed by atoms with Crippen LogP contribution in [0.25, 0.3) is 5.82 Å². The Balaban J connectivity index is 1.91. The van der Waals surface area contributed by atoms with E-state index in [-0.39, 0.29) is 17.5 Å². The predicted octanol–water partition coefficient (Wildman–Crippen LogP) is 3.97. The Labute approximate surface area is 149 Å². The van der Waals surface area contributed by atoms with Crippen LogP contribution < -0.4 is 5.32 Å².